The van der Waals surface area contributed by atoms with Crippen molar-refractivity contribution in [1.29, 1.82) is 0 Å². The molecule has 0 bridgehead atoms. The SMILES string of the molecule is CC(c1ccc(F)c(C(C)[N+](=O)[O-])c1)[N+](=O)[O-]. The van der Waals surface area contributed by atoms with Crippen molar-refractivity contribution in [1.82, 2.24) is 0 Å². The van der Waals surface area contributed by atoms with Gasteiger partial charge in [0, 0.05) is 29.3 Å². The summed E-state index contributed by atoms with van der Waals surface area (Å²) in [6.45, 7) is 2.58. The summed E-state index contributed by atoms with van der Waals surface area (Å²) >= 11 is 0. The molecule has 0 fully saturated rings. The molecule has 2 atom stereocenters. The number of hydrogen-bond acceptors (Lipinski definition) is 4. The van der Waals surface area contributed by atoms with Crippen molar-refractivity contribution in [2.24, 2.45) is 0 Å². The molecular weight excluding hydrogens is 231 g/mol. The highest BCUT2D eigenvalue weighted by Gasteiger charge is 2.24. The van der Waals surface area contributed by atoms with Crippen molar-refractivity contribution in [3.8, 4) is 0 Å². The Hall–Kier alpha value is -2.05. The van der Waals surface area contributed by atoms with Gasteiger partial charge in [-0.15, -0.1) is 0 Å². The minimum atomic E-state index is -1.23. The van der Waals surface area contributed by atoms with Crippen molar-refractivity contribution in [3.05, 3.63) is 55.4 Å². The molecule has 0 radical (unpaired) electrons. The van der Waals surface area contributed by atoms with Gasteiger partial charge in [-0.1, -0.05) is 0 Å². The highest BCUT2D eigenvalue weighted by Crippen LogP contribution is 2.24. The van der Waals surface area contributed by atoms with Gasteiger partial charge in [0.05, 0.1) is 5.56 Å². The first-order valence-electron chi connectivity index (χ1n) is 4.91. The Balaban J connectivity index is 3.19. The summed E-state index contributed by atoms with van der Waals surface area (Å²) in [6.07, 6.45) is 0. The van der Waals surface area contributed by atoms with Gasteiger partial charge in [-0.25, -0.2) is 4.39 Å². The van der Waals surface area contributed by atoms with Gasteiger partial charge in [0.2, 0.25) is 12.1 Å². The maximum absolute atomic E-state index is 13.4. The van der Waals surface area contributed by atoms with Crippen molar-refractivity contribution in [3.63, 3.8) is 0 Å². The molecular formula is C10H11FN2O4. The summed E-state index contributed by atoms with van der Waals surface area (Å²) in [5, 5.41) is 21.1. The standard InChI is InChI=1S/C10H11FN2O4/c1-6(12(14)15)8-3-4-10(11)9(5-8)7(2)13(16)17/h3-7H,1-2H3. The van der Waals surface area contributed by atoms with Crippen molar-refractivity contribution < 1.29 is 14.2 Å². The molecule has 2 unspecified atom stereocenters. The van der Waals surface area contributed by atoms with Crippen LogP contribution in [-0.2, 0) is 0 Å². The molecule has 1 aromatic rings. The Morgan fingerprint density at radius 3 is 2.12 bits per heavy atom. The lowest BCUT2D eigenvalue weighted by molar-refractivity contribution is -0.526. The van der Waals surface area contributed by atoms with Gasteiger partial charge in [0.25, 0.3) is 0 Å². The van der Waals surface area contributed by atoms with E-state index in [1.165, 1.54) is 26.0 Å². The Kier molecular flexibility index (Phi) is 3.72. The van der Waals surface area contributed by atoms with E-state index in [-0.39, 0.29) is 11.1 Å². The topological polar surface area (TPSA) is 86.3 Å². The quantitative estimate of drug-likeness (QED) is 0.599. The van der Waals surface area contributed by atoms with Gasteiger partial charge < -0.3 is 0 Å². The number of benzene rings is 1. The Labute approximate surface area is 96.4 Å². The molecule has 0 N–H and O–H groups in total. The van der Waals surface area contributed by atoms with E-state index in [0.717, 1.165) is 6.07 Å². The van der Waals surface area contributed by atoms with Crippen LogP contribution in [0.3, 0.4) is 0 Å². The third-order valence-electron chi connectivity index (χ3n) is 2.59. The predicted molar refractivity (Wildman–Crippen MR) is 57.2 cm³/mol. The van der Waals surface area contributed by atoms with Gasteiger partial charge in [0.1, 0.15) is 5.82 Å². The molecule has 6 nitrogen and oxygen atoms in total. The highest BCUT2D eigenvalue weighted by atomic mass is 19.1. The maximum Gasteiger partial charge on any atom is 0.238 e. The zero-order valence-electron chi connectivity index (χ0n) is 9.29. The van der Waals surface area contributed by atoms with Gasteiger partial charge in [0.15, 0.2) is 0 Å². The molecule has 1 aromatic carbocycles. The Bertz CT molecular complexity index is 464. The molecule has 0 aromatic heterocycles. The number of halogens is 1. The normalized spacial score (nSPS) is 14.1. The molecule has 1 rings (SSSR count). The van der Waals surface area contributed by atoms with E-state index < -0.39 is 27.7 Å². The van der Waals surface area contributed by atoms with Crippen LogP contribution in [0.1, 0.15) is 37.1 Å². The lowest BCUT2D eigenvalue weighted by atomic mass is 10.0. The summed E-state index contributed by atoms with van der Waals surface area (Å²) in [7, 11) is 0. The molecule has 92 valence electrons. The van der Waals surface area contributed by atoms with Gasteiger partial charge in [-0.05, 0) is 18.2 Å². The van der Waals surface area contributed by atoms with Crippen LogP contribution in [0.25, 0.3) is 0 Å². The Morgan fingerprint density at radius 2 is 1.65 bits per heavy atom. The van der Waals surface area contributed by atoms with Gasteiger partial charge in [-0.2, -0.15) is 0 Å². The second-order valence-corrected chi connectivity index (χ2v) is 3.70. The van der Waals surface area contributed by atoms with E-state index >= 15 is 0 Å². The summed E-state index contributed by atoms with van der Waals surface area (Å²) in [5.41, 5.74) is 0.112. The summed E-state index contributed by atoms with van der Waals surface area (Å²) < 4.78 is 13.4. The average molecular weight is 242 g/mol. The van der Waals surface area contributed by atoms with Crippen LogP contribution >= 0.6 is 0 Å². The lowest BCUT2D eigenvalue weighted by Gasteiger charge is -2.09. The van der Waals surface area contributed by atoms with Crippen molar-refractivity contribution in [2.45, 2.75) is 25.9 Å². The van der Waals surface area contributed by atoms with E-state index in [1.54, 1.807) is 0 Å². The summed E-state index contributed by atoms with van der Waals surface area (Å²) in [4.78, 5) is 20.0. The van der Waals surface area contributed by atoms with Crippen LogP contribution in [0.2, 0.25) is 0 Å². The lowest BCUT2D eigenvalue weighted by Crippen LogP contribution is -2.11. The molecule has 0 aliphatic heterocycles. The predicted octanol–water partition coefficient (Wildman–Crippen LogP) is 2.50. The fraction of sp³-hybridized carbons (Fsp3) is 0.400. The molecule has 0 aliphatic carbocycles. The van der Waals surface area contributed by atoms with Gasteiger partial charge in [-0.3, -0.25) is 20.2 Å². The second kappa shape index (κ2) is 4.86. The van der Waals surface area contributed by atoms with Crippen LogP contribution in [0, 0.1) is 26.0 Å². The highest BCUT2D eigenvalue weighted by molar-refractivity contribution is 5.27. The molecule has 7 heteroatoms. The molecule has 0 aliphatic rings. The van der Waals surface area contributed by atoms with E-state index in [4.69, 9.17) is 0 Å². The zero-order valence-corrected chi connectivity index (χ0v) is 9.29. The maximum atomic E-state index is 13.4. The summed E-state index contributed by atoms with van der Waals surface area (Å²) in [6, 6.07) is 1.21. The van der Waals surface area contributed by atoms with E-state index in [0.29, 0.717) is 0 Å². The first-order valence-corrected chi connectivity index (χ1v) is 4.91. The van der Waals surface area contributed by atoms with Gasteiger partial charge >= 0.3 is 0 Å². The third-order valence-corrected chi connectivity index (χ3v) is 2.59. The molecule has 0 saturated carbocycles. The van der Waals surface area contributed by atoms with Crippen LogP contribution in [0.5, 0.6) is 0 Å². The largest absolute Gasteiger partial charge is 0.264 e. The first kappa shape index (κ1) is 13.0. The van der Waals surface area contributed by atoms with E-state index in [9.17, 15) is 24.6 Å². The van der Waals surface area contributed by atoms with Crippen molar-refractivity contribution in [2.75, 3.05) is 0 Å². The Morgan fingerprint density at radius 1 is 1.12 bits per heavy atom. The van der Waals surface area contributed by atoms with Crippen LogP contribution in [0.15, 0.2) is 18.2 Å². The molecule has 17 heavy (non-hydrogen) atoms. The molecule has 0 amide bonds. The minimum absolute atomic E-state index is 0.138. The third kappa shape index (κ3) is 2.74. The van der Waals surface area contributed by atoms with E-state index in [1.807, 2.05) is 0 Å². The number of nitro groups is 2. The van der Waals surface area contributed by atoms with Crippen LogP contribution in [-0.4, -0.2) is 9.85 Å². The molecule has 0 spiro atoms. The average Bonchev–Trinajstić information content (AvgIpc) is 2.27. The number of rotatable bonds is 4. The van der Waals surface area contributed by atoms with E-state index in [2.05, 4.69) is 0 Å². The second-order valence-electron chi connectivity index (χ2n) is 3.70. The van der Waals surface area contributed by atoms with Crippen LogP contribution < -0.4 is 0 Å². The number of hydrogen-bond donors (Lipinski definition) is 0. The monoisotopic (exact) mass is 242 g/mol. The minimum Gasteiger partial charge on any atom is -0.264 e. The number of nitrogens with zero attached hydrogens (tertiary/aromatic N) is 2. The summed E-state index contributed by atoms with van der Waals surface area (Å²) in [5.74, 6) is -0.728. The smallest absolute Gasteiger partial charge is 0.238 e. The fourth-order valence-corrected chi connectivity index (χ4v) is 1.38. The molecule has 0 heterocycles. The van der Waals surface area contributed by atoms with Crippen molar-refractivity contribution >= 4 is 0 Å². The fourth-order valence-electron chi connectivity index (χ4n) is 1.38. The zero-order chi connectivity index (χ0) is 13.2. The first-order chi connectivity index (χ1) is 7.84. The molecule has 0 saturated heterocycles. The van der Waals surface area contributed by atoms with Crippen LogP contribution in [0.4, 0.5) is 4.39 Å².